The Hall–Kier alpha value is -4.29. The molecule has 13 heteroatoms. The quantitative estimate of drug-likeness (QED) is 0.316. The molecule has 2 N–H and O–H groups in total. The number of anilines is 1. The molecule has 0 aliphatic heterocycles. The van der Waals surface area contributed by atoms with E-state index in [0.29, 0.717) is 6.07 Å². The Morgan fingerprint density at radius 1 is 0.941 bits per heavy atom. The van der Waals surface area contributed by atoms with Crippen molar-refractivity contribution in [3.8, 4) is 16.9 Å². The number of ether oxygens (including phenoxy) is 1. The molecule has 0 bridgehead atoms. The minimum Gasteiger partial charge on any atom is -0.406 e. The fourth-order valence-corrected chi connectivity index (χ4v) is 3.27. The van der Waals surface area contributed by atoms with Crippen LogP contribution in [-0.2, 0) is 0 Å². The third-order valence-corrected chi connectivity index (χ3v) is 4.65. The Labute approximate surface area is 184 Å². The monoisotopic (exact) mass is 485 g/mol. The van der Waals surface area contributed by atoms with Gasteiger partial charge < -0.3 is 10.1 Å². The lowest BCUT2D eigenvalue weighted by atomic mass is 10.0. The van der Waals surface area contributed by atoms with Gasteiger partial charge in [-0.15, -0.1) is 13.2 Å². The average molecular weight is 485 g/mol. The number of hydrogen-bond acceptors (Lipinski definition) is 3. The fraction of sp³-hybridized carbons (Fsp3) is 0.0476. The number of aromatic amines is 1. The lowest BCUT2D eigenvalue weighted by molar-refractivity contribution is -0.274. The molecule has 2 heterocycles. The maximum absolute atomic E-state index is 14.7. The minimum absolute atomic E-state index is 0.0184. The van der Waals surface area contributed by atoms with Gasteiger partial charge in [-0.2, -0.15) is 0 Å². The molecule has 4 aromatic rings. The van der Waals surface area contributed by atoms with Gasteiger partial charge in [-0.25, -0.2) is 17.6 Å². The molecule has 0 atom stereocenters. The molecular weight excluding hydrogens is 475 g/mol. The Bertz CT molecular complexity index is 1460. The van der Waals surface area contributed by atoms with Crippen molar-refractivity contribution in [3.63, 3.8) is 0 Å². The third kappa shape index (κ3) is 4.07. The van der Waals surface area contributed by atoms with Gasteiger partial charge in [-0.1, -0.05) is 18.2 Å². The van der Waals surface area contributed by atoms with Crippen LogP contribution >= 0.6 is 0 Å². The van der Waals surface area contributed by atoms with Gasteiger partial charge in [0.15, 0.2) is 23.3 Å². The zero-order valence-electron chi connectivity index (χ0n) is 16.4. The topological polar surface area (TPSA) is 75.6 Å². The lowest BCUT2D eigenvalue weighted by Crippen LogP contribution is -2.22. The van der Waals surface area contributed by atoms with Gasteiger partial charge in [0.25, 0.3) is 11.5 Å². The molecule has 2 aromatic heterocycles. The molecule has 2 aromatic carbocycles. The van der Waals surface area contributed by atoms with Crippen LogP contribution in [0, 0.1) is 23.3 Å². The summed E-state index contributed by atoms with van der Waals surface area (Å²) in [5.41, 5.74) is -5.02. The highest BCUT2D eigenvalue weighted by Gasteiger charge is 2.32. The van der Waals surface area contributed by atoms with Crippen LogP contribution in [0.5, 0.6) is 5.75 Å². The first-order valence-electron chi connectivity index (χ1n) is 9.20. The first kappa shape index (κ1) is 22.9. The van der Waals surface area contributed by atoms with Crippen molar-refractivity contribution in [1.29, 1.82) is 0 Å². The van der Waals surface area contributed by atoms with Gasteiger partial charge in [-0.05, 0) is 29.8 Å². The van der Waals surface area contributed by atoms with Crippen LogP contribution in [0.3, 0.4) is 0 Å². The Kier molecular flexibility index (Phi) is 5.55. The molecule has 0 unspecified atom stereocenters. The molecule has 0 saturated heterocycles. The maximum Gasteiger partial charge on any atom is 0.573 e. The van der Waals surface area contributed by atoms with Gasteiger partial charge in [0.1, 0.15) is 17.0 Å². The van der Waals surface area contributed by atoms with Gasteiger partial charge in [0.05, 0.1) is 11.1 Å². The second kappa shape index (κ2) is 8.24. The highest BCUT2D eigenvalue weighted by atomic mass is 19.4. The predicted molar refractivity (Wildman–Crippen MR) is 104 cm³/mol. The number of halogens is 7. The number of H-pyrrole nitrogens is 1. The molecule has 6 nitrogen and oxygen atoms in total. The molecule has 4 rings (SSSR count). The summed E-state index contributed by atoms with van der Waals surface area (Å²) in [4.78, 5) is 24.6. The van der Waals surface area contributed by atoms with Crippen LogP contribution in [0.15, 0.2) is 53.5 Å². The smallest absolute Gasteiger partial charge is 0.406 e. The number of fused-ring (bicyclic) bond motifs is 1. The molecule has 0 fully saturated rings. The van der Waals surface area contributed by atoms with Crippen LogP contribution in [-0.4, -0.2) is 21.9 Å². The summed E-state index contributed by atoms with van der Waals surface area (Å²) >= 11 is 0. The molecule has 176 valence electrons. The predicted octanol–water partition coefficient (Wildman–Crippen LogP) is 5.00. The van der Waals surface area contributed by atoms with Gasteiger partial charge in [0, 0.05) is 6.20 Å². The van der Waals surface area contributed by atoms with Crippen LogP contribution in [0.1, 0.15) is 10.4 Å². The third-order valence-electron chi connectivity index (χ3n) is 4.65. The van der Waals surface area contributed by atoms with Crippen molar-refractivity contribution in [2.75, 3.05) is 5.32 Å². The van der Waals surface area contributed by atoms with E-state index >= 15 is 0 Å². The van der Waals surface area contributed by atoms with Gasteiger partial charge >= 0.3 is 6.36 Å². The number of aromatic nitrogens is 2. The molecule has 0 radical (unpaired) electrons. The van der Waals surface area contributed by atoms with E-state index in [2.05, 4.69) is 9.84 Å². The number of amides is 1. The fourth-order valence-electron chi connectivity index (χ4n) is 3.27. The number of nitrogens with one attached hydrogen (secondary N) is 2. The summed E-state index contributed by atoms with van der Waals surface area (Å²) in [5, 5.41) is 3.91. The number of benzene rings is 2. The van der Waals surface area contributed by atoms with Crippen molar-refractivity contribution in [1.82, 2.24) is 9.61 Å². The molecule has 1 amide bonds. The standard InChI is InChI=1S/C21H10F7N3O3/c22-14-12(9-4-3-5-10(8-9)34-21(26,27)28)15(23)17(25)18(16(14)24)29-19(32)13-11-6-1-2-7-31(11)30-20(13)33/h1-8H,(H,29,32)(H,30,33). The van der Waals surface area contributed by atoms with E-state index in [1.165, 1.54) is 24.4 Å². The number of rotatable bonds is 4. The van der Waals surface area contributed by atoms with Crippen molar-refractivity contribution >= 4 is 17.1 Å². The number of pyridine rings is 1. The Balaban J connectivity index is 1.76. The van der Waals surface area contributed by atoms with Crippen LogP contribution in [0.4, 0.5) is 36.4 Å². The van der Waals surface area contributed by atoms with Crippen molar-refractivity contribution in [2.45, 2.75) is 6.36 Å². The van der Waals surface area contributed by atoms with E-state index in [-0.39, 0.29) is 5.52 Å². The van der Waals surface area contributed by atoms with Crippen LogP contribution in [0.2, 0.25) is 0 Å². The summed E-state index contributed by atoms with van der Waals surface area (Å²) in [7, 11) is 0. The molecular formula is C21H10F7N3O3. The van der Waals surface area contributed by atoms with E-state index in [9.17, 15) is 40.3 Å². The summed E-state index contributed by atoms with van der Waals surface area (Å²) in [6.07, 6.45) is -3.75. The highest BCUT2D eigenvalue weighted by molar-refractivity contribution is 6.08. The summed E-state index contributed by atoms with van der Waals surface area (Å²) in [6, 6.07) is 7.47. The summed E-state index contributed by atoms with van der Waals surface area (Å²) < 4.78 is 101. The zero-order valence-corrected chi connectivity index (χ0v) is 16.4. The van der Waals surface area contributed by atoms with Crippen LogP contribution in [0.25, 0.3) is 16.6 Å². The molecule has 34 heavy (non-hydrogen) atoms. The number of carbonyl (C=O) groups excluding carboxylic acids is 1. The largest absolute Gasteiger partial charge is 0.573 e. The average Bonchev–Trinajstić information content (AvgIpc) is 3.10. The number of hydrogen-bond donors (Lipinski definition) is 2. The van der Waals surface area contributed by atoms with Gasteiger partial charge in [0.2, 0.25) is 0 Å². The summed E-state index contributed by atoms with van der Waals surface area (Å²) in [6.45, 7) is 0. The lowest BCUT2D eigenvalue weighted by Gasteiger charge is -2.14. The molecule has 0 aliphatic rings. The minimum atomic E-state index is -5.12. The first-order chi connectivity index (χ1) is 16.0. The Morgan fingerprint density at radius 2 is 1.62 bits per heavy atom. The van der Waals surface area contributed by atoms with E-state index in [1.807, 2.05) is 0 Å². The first-order valence-corrected chi connectivity index (χ1v) is 9.20. The second-order valence-electron chi connectivity index (χ2n) is 6.81. The summed E-state index contributed by atoms with van der Waals surface area (Å²) in [5.74, 6) is -10.3. The van der Waals surface area contributed by atoms with E-state index in [4.69, 9.17) is 0 Å². The second-order valence-corrected chi connectivity index (χ2v) is 6.81. The van der Waals surface area contributed by atoms with E-state index in [1.54, 1.807) is 5.32 Å². The van der Waals surface area contributed by atoms with E-state index < -0.39 is 69.2 Å². The molecule has 0 spiro atoms. The van der Waals surface area contributed by atoms with Crippen molar-refractivity contribution in [2.24, 2.45) is 0 Å². The van der Waals surface area contributed by atoms with Crippen LogP contribution < -0.4 is 15.6 Å². The van der Waals surface area contributed by atoms with Gasteiger partial charge in [-0.3, -0.25) is 19.2 Å². The molecule has 0 saturated carbocycles. The number of alkyl halides is 3. The van der Waals surface area contributed by atoms with E-state index in [0.717, 1.165) is 22.7 Å². The Morgan fingerprint density at radius 3 is 2.26 bits per heavy atom. The van der Waals surface area contributed by atoms with Crippen molar-refractivity contribution < 1.29 is 40.3 Å². The molecule has 0 aliphatic carbocycles. The van der Waals surface area contributed by atoms with Crippen molar-refractivity contribution in [3.05, 3.63) is 87.8 Å². The SMILES string of the molecule is O=C(Nc1c(F)c(F)c(-c2cccc(OC(F)(F)F)c2)c(F)c1F)c1c(=O)[nH]n2ccccc12. The number of nitrogens with zero attached hydrogens (tertiary/aromatic N) is 1. The maximum atomic E-state index is 14.7. The zero-order chi connectivity index (χ0) is 24.8. The normalized spacial score (nSPS) is 11.6. The number of carbonyl (C=O) groups is 1. The highest BCUT2D eigenvalue weighted by Crippen LogP contribution is 2.36.